The highest BCUT2D eigenvalue weighted by Gasteiger charge is 2.51. The number of hydrogen-bond donors (Lipinski definition) is 6. The molecule has 91 heavy (non-hydrogen) atoms. The highest BCUT2D eigenvalue weighted by atomic mass is 16.6. The van der Waals surface area contributed by atoms with Gasteiger partial charge in [0.2, 0.25) is 5.91 Å². The summed E-state index contributed by atoms with van der Waals surface area (Å²) < 4.78 is 29.6. The predicted molar refractivity (Wildman–Crippen MR) is 333 cm³/mol. The van der Waals surface area contributed by atoms with Crippen molar-refractivity contribution in [2.24, 2.45) is 29.4 Å². The van der Waals surface area contributed by atoms with E-state index in [0.29, 0.717) is 61.6 Å². The average molecular weight is 1270 g/mol. The number of nitrogens with two attached hydrogens (primary N) is 1. The number of benzene rings is 1. The van der Waals surface area contributed by atoms with Crippen molar-refractivity contribution in [3.63, 3.8) is 0 Å². The van der Waals surface area contributed by atoms with Gasteiger partial charge in [0.1, 0.15) is 24.1 Å². The largest absolute Gasteiger partial charge is 0.457 e. The molecule has 5 heterocycles. The summed E-state index contributed by atoms with van der Waals surface area (Å²) in [6.07, 6.45) is 8.66. The molecule has 5 aliphatic rings. The van der Waals surface area contributed by atoms with Gasteiger partial charge in [0.25, 0.3) is 11.8 Å². The number of likely N-dealkylation sites (tertiary alicyclic amines) is 2. The second kappa shape index (κ2) is 33.3. The lowest BCUT2D eigenvalue weighted by Crippen LogP contribution is -2.53. The molecule has 2 bridgehead atoms. The monoisotopic (exact) mass is 1270 g/mol. The van der Waals surface area contributed by atoms with Gasteiger partial charge >= 0.3 is 30.2 Å². The van der Waals surface area contributed by atoms with Gasteiger partial charge in [-0.3, -0.25) is 38.5 Å². The Hall–Kier alpha value is -7.28. The van der Waals surface area contributed by atoms with Gasteiger partial charge in [-0.25, -0.2) is 14.4 Å². The topological polar surface area (TPSA) is 341 Å². The number of piperazine rings is 1. The number of fused-ring (bicyclic) bond motifs is 2. The quantitative estimate of drug-likeness (QED) is 0.00958. The number of epoxide rings is 1. The number of imide groups is 1. The van der Waals surface area contributed by atoms with E-state index in [-0.39, 0.29) is 125 Å². The van der Waals surface area contributed by atoms with Gasteiger partial charge in [-0.15, -0.1) is 0 Å². The van der Waals surface area contributed by atoms with Crippen molar-refractivity contribution in [1.82, 2.24) is 25.3 Å². The van der Waals surface area contributed by atoms with Gasteiger partial charge in [0.05, 0.1) is 54.6 Å². The molecule has 502 valence electrons. The van der Waals surface area contributed by atoms with Crippen LogP contribution in [0.3, 0.4) is 0 Å². The third-order valence-corrected chi connectivity index (χ3v) is 17.9. The van der Waals surface area contributed by atoms with Crippen molar-refractivity contribution < 1.29 is 86.9 Å². The lowest BCUT2D eigenvalue weighted by atomic mass is 9.88. The normalized spacial score (nSPS) is 26.6. The first-order chi connectivity index (χ1) is 43.0. The van der Waals surface area contributed by atoms with E-state index in [0.717, 1.165) is 4.90 Å². The van der Waals surface area contributed by atoms with E-state index in [1.165, 1.54) is 24.0 Å². The first kappa shape index (κ1) is 72.8. The first-order valence-electron chi connectivity index (χ1n) is 32.0. The fraction of sp³-hybridized carbons (Fsp3) is 0.642. The number of urea groups is 1. The number of esters is 2. The lowest BCUT2D eigenvalue weighted by Gasteiger charge is -2.38. The Morgan fingerprint density at radius 2 is 1.58 bits per heavy atom. The molecule has 3 fully saturated rings. The van der Waals surface area contributed by atoms with Crippen LogP contribution in [0.5, 0.6) is 0 Å². The molecule has 0 radical (unpaired) electrons. The second-order valence-corrected chi connectivity index (χ2v) is 26.0. The fourth-order valence-corrected chi connectivity index (χ4v) is 12.3. The molecule has 24 heteroatoms. The summed E-state index contributed by atoms with van der Waals surface area (Å²) in [7, 11) is 0. The van der Waals surface area contributed by atoms with Crippen molar-refractivity contribution in [3.05, 3.63) is 83.5 Å². The number of nitrogens with one attached hydrogen (secondary N) is 2. The number of Topliss-reactive ketones (excluding diaryl/α,β-unsaturated/α-hetero) is 2. The summed E-state index contributed by atoms with van der Waals surface area (Å²) in [6.45, 7) is 16.1. The van der Waals surface area contributed by atoms with Crippen LogP contribution in [-0.2, 0) is 70.3 Å². The van der Waals surface area contributed by atoms with Gasteiger partial charge < -0.3 is 65.2 Å². The second-order valence-electron chi connectivity index (χ2n) is 26.0. The summed E-state index contributed by atoms with van der Waals surface area (Å²) in [6, 6.07) is 4.38. The van der Waals surface area contributed by atoms with E-state index in [2.05, 4.69) is 10.6 Å². The number of rotatable bonds is 30. The van der Waals surface area contributed by atoms with Gasteiger partial charge in [0.15, 0.2) is 11.9 Å². The summed E-state index contributed by atoms with van der Waals surface area (Å²) in [5.74, 6) is -4.46. The smallest absolute Gasteiger partial charge is 0.410 e. The summed E-state index contributed by atoms with van der Waals surface area (Å²) >= 11 is 0. The minimum absolute atomic E-state index is 0.00603. The Kier molecular flexibility index (Phi) is 26.7. The highest BCUT2D eigenvalue weighted by molar-refractivity contribution is 6.12. The summed E-state index contributed by atoms with van der Waals surface area (Å²) in [4.78, 5) is 134. The number of aliphatic hydroxyl groups excluding tert-OH is 2. The zero-order chi connectivity index (χ0) is 66.9. The number of unbranched alkanes of at least 4 members (excludes halogenated alkanes) is 2. The van der Waals surface area contributed by atoms with E-state index in [4.69, 9.17) is 29.4 Å². The third kappa shape index (κ3) is 21.7. The van der Waals surface area contributed by atoms with Crippen LogP contribution in [0.25, 0.3) is 0 Å². The Morgan fingerprint density at radius 1 is 0.923 bits per heavy atom. The number of ether oxygens (including phenoxy) is 5. The molecule has 0 saturated carbocycles. The minimum atomic E-state index is -1.49. The van der Waals surface area contributed by atoms with Gasteiger partial charge in [-0.05, 0) is 101 Å². The van der Waals surface area contributed by atoms with Crippen molar-refractivity contribution in [2.45, 2.75) is 225 Å². The third-order valence-electron chi connectivity index (χ3n) is 17.9. The molecule has 0 aromatic heterocycles. The van der Waals surface area contributed by atoms with E-state index in [1.807, 2.05) is 27.7 Å². The van der Waals surface area contributed by atoms with E-state index < -0.39 is 102 Å². The maximum Gasteiger partial charge on any atom is 0.410 e. The highest BCUT2D eigenvalue weighted by Crippen LogP contribution is 2.39. The van der Waals surface area contributed by atoms with Crippen LogP contribution in [0, 0.1) is 23.7 Å². The predicted octanol–water partition coefficient (Wildman–Crippen LogP) is 6.14. The molecule has 1 unspecified atom stereocenters. The molecule has 14 atom stereocenters. The zero-order valence-electron chi connectivity index (χ0n) is 54.2. The molecule has 5 aliphatic heterocycles. The number of cyclic esters (lactones) is 1. The molecule has 0 spiro atoms. The number of carbonyl (C=O) groups is 10. The van der Waals surface area contributed by atoms with E-state index in [1.54, 1.807) is 87.2 Å². The standard InChI is InChI=1S/C67H96N6O18/c1-10-53(77)43(6)61-55(88-61)36-66(8,86)28-14-16-41(4)60-42(5)19-24-56(67(9,91-44(7)74)29-27-50(76)35-59(81)90-60)89-65(85)73-38-47-33-48(73)37-72(47)64(84)87-39-46-22-20-45(21-23-46)32-54(78)52(18-15-30-69-63(68)83)70-62(82)51(40(2)3)34-49(75)17-12-11-13-31-71-57(79)25-26-58(71)80/h14,16,19-26,28,40,42-43,47-48,50-53,55-56,60-61,76-77,86H,10-13,15,17-18,27,29-39H2,1-9H3,(H,70,82)(H3,68,69,83)/b24-19+,28-14+,41-16+/t42-,43+,47+,48?,50+,51-,52-,53-,55+,56-,60+,61+,66-,67+/m0/s1. The van der Waals surface area contributed by atoms with Crippen LogP contribution < -0.4 is 16.4 Å². The molecule has 7 amide bonds. The minimum Gasteiger partial charge on any atom is -0.457 e. The van der Waals surface area contributed by atoms with Crippen LogP contribution in [0.2, 0.25) is 0 Å². The Labute approximate surface area is 533 Å². The van der Waals surface area contributed by atoms with Crippen LogP contribution >= 0.6 is 0 Å². The Morgan fingerprint density at radius 3 is 2.21 bits per heavy atom. The molecular formula is C67H96N6O18. The number of nitrogens with zero attached hydrogens (tertiary/aromatic N) is 3. The van der Waals surface area contributed by atoms with Crippen LogP contribution in [-0.4, -0.2) is 182 Å². The number of aliphatic hydroxyl groups is 3. The zero-order valence-corrected chi connectivity index (χ0v) is 54.2. The van der Waals surface area contributed by atoms with Crippen LogP contribution in [0.15, 0.2) is 72.4 Å². The number of allylic oxidation sites excluding steroid dienone is 2. The van der Waals surface area contributed by atoms with Gasteiger partial charge in [-0.1, -0.05) is 89.6 Å². The van der Waals surface area contributed by atoms with Crippen molar-refractivity contribution >= 4 is 59.4 Å². The summed E-state index contributed by atoms with van der Waals surface area (Å²) in [5.41, 5.74) is 4.37. The number of amides is 7. The molecular weight excluding hydrogens is 1180 g/mol. The molecule has 6 rings (SSSR count). The van der Waals surface area contributed by atoms with Crippen molar-refractivity contribution in [1.29, 1.82) is 0 Å². The first-order valence-corrected chi connectivity index (χ1v) is 32.0. The molecule has 1 aromatic rings. The van der Waals surface area contributed by atoms with E-state index in [9.17, 15) is 63.3 Å². The molecule has 1 aromatic carbocycles. The number of carbonyl (C=O) groups excluding carboxylic acids is 10. The van der Waals surface area contributed by atoms with E-state index >= 15 is 0 Å². The molecule has 0 aliphatic carbocycles. The van der Waals surface area contributed by atoms with Gasteiger partial charge in [0, 0.05) is 88.7 Å². The summed E-state index contributed by atoms with van der Waals surface area (Å²) in [5, 5.41) is 37.9. The fourth-order valence-electron chi connectivity index (χ4n) is 12.3. The van der Waals surface area contributed by atoms with Crippen LogP contribution in [0.1, 0.15) is 157 Å². The SMILES string of the molecule is CC[C@H](O)[C@@H](C)[C@H]1O[C@@H]1C[C@@](C)(O)/C=C/C=C(\C)[C@H]1OC(=O)C[C@H](O)CC[C@@](C)(OC(C)=O)[C@@H](OC(=O)N2C[C@H]3CC2CN3C(=O)OCc2ccc(CC(=O)[C@H](CCCNC(N)=O)NC(=O)[C@@H](CC(=O)CCCCCN3C(=O)C=CC3=O)C(C)C)cc2)/C=C/[C@@H]1C. The number of ketones is 2. The average Bonchev–Trinajstić information content (AvgIpc) is 1.69. The Bertz CT molecular complexity index is 2870. The Balaban J connectivity index is 1.02. The lowest BCUT2D eigenvalue weighted by molar-refractivity contribution is -0.168. The molecule has 7 N–H and O–H groups in total. The van der Waals surface area contributed by atoms with Crippen LogP contribution in [0.4, 0.5) is 14.4 Å². The number of hydrogen-bond acceptors (Lipinski definition) is 18. The van der Waals surface area contributed by atoms with Gasteiger partial charge in [-0.2, -0.15) is 0 Å². The maximum atomic E-state index is 14.2. The van der Waals surface area contributed by atoms with Crippen molar-refractivity contribution in [3.8, 4) is 0 Å². The molecule has 24 nitrogen and oxygen atoms in total. The van der Waals surface area contributed by atoms with Crippen molar-refractivity contribution in [2.75, 3.05) is 26.2 Å². The maximum absolute atomic E-state index is 14.2. The number of primary amides is 1. The molecule has 3 saturated heterocycles.